The Bertz CT molecular complexity index is 1200. The van der Waals surface area contributed by atoms with Crippen LogP contribution in [0.15, 0.2) is 43.7 Å². The first-order valence-electron chi connectivity index (χ1n) is 8.99. The monoisotopic (exact) mass is 631 g/mol. The fourth-order valence-corrected chi connectivity index (χ4v) is 4.41. The lowest BCUT2D eigenvalue weighted by atomic mass is 10.0. The summed E-state index contributed by atoms with van der Waals surface area (Å²) < 4.78 is 90.4. The highest BCUT2D eigenvalue weighted by Gasteiger charge is 2.37. The summed E-state index contributed by atoms with van der Waals surface area (Å²) in [4.78, 5) is 4.05. The third kappa shape index (κ3) is 5.84. The van der Waals surface area contributed by atoms with Crippen LogP contribution in [-0.4, -0.2) is 25.4 Å². The molecule has 5 nitrogen and oxygen atoms in total. The normalized spacial score (nSPS) is 12.3. The molecule has 0 unspecified atom stereocenters. The van der Waals surface area contributed by atoms with Gasteiger partial charge in [-0.05, 0) is 56.1 Å². The van der Waals surface area contributed by atoms with Crippen LogP contribution in [0, 0.1) is 0 Å². The van der Waals surface area contributed by atoms with Crippen LogP contribution in [0.4, 0.5) is 31.5 Å². The van der Waals surface area contributed by atoms with Gasteiger partial charge in [-0.3, -0.25) is 5.43 Å². The number of rotatable bonds is 6. The highest BCUT2D eigenvalue weighted by Crippen LogP contribution is 2.42. The summed E-state index contributed by atoms with van der Waals surface area (Å²) in [5.41, 5.74) is -0.0138. The molecule has 1 heterocycles. The predicted octanol–water partition coefficient (Wildman–Crippen LogP) is 7.84. The number of nitrogens with zero attached hydrogens (tertiary/aromatic N) is 2. The summed E-state index contributed by atoms with van der Waals surface area (Å²) in [7, 11) is 2.94. The summed E-state index contributed by atoms with van der Waals surface area (Å²) in [5, 5.41) is 5.52. The molecule has 0 amide bonds. The number of hydrogen-bond acceptors (Lipinski definition) is 6. The minimum absolute atomic E-state index is 0.0608. The number of halogens is 8. The number of hydrazone groups is 1. The molecule has 0 saturated carbocycles. The molecule has 2 aromatic carbocycles. The van der Waals surface area contributed by atoms with E-state index in [1.807, 2.05) is 0 Å². The highest BCUT2D eigenvalue weighted by atomic mass is 79.9. The highest BCUT2D eigenvalue weighted by molar-refractivity contribution is 9.13. The number of ether oxygens (including phenoxy) is 2. The third-order valence-corrected chi connectivity index (χ3v) is 7.22. The van der Waals surface area contributed by atoms with Crippen LogP contribution in [0.5, 0.6) is 11.5 Å². The second kappa shape index (κ2) is 10.1. The van der Waals surface area contributed by atoms with Crippen LogP contribution in [0.2, 0.25) is 0 Å². The Morgan fingerprint density at radius 2 is 1.56 bits per heavy atom. The fraction of sp³-hybridized carbons (Fsp3) is 0.200. The Balaban J connectivity index is 1.87. The molecule has 1 N–H and O–H groups in total. The molecule has 14 heteroatoms. The minimum Gasteiger partial charge on any atom is -0.493 e. The van der Waals surface area contributed by atoms with Crippen molar-refractivity contribution in [1.82, 2.24) is 4.98 Å². The number of anilines is 1. The molecule has 0 fully saturated rings. The van der Waals surface area contributed by atoms with Crippen LogP contribution in [-0.2, 0) is 12.4 Å². The molecule has 0 aliphatic heterocycles. The summed E-state index contributed by atoms with van der Waals surface area (Å²) in [6.45, 7) is 0. The van der Waals surface area contributed by atoms with E-state index >= 15 is 0 Å². The van der Waals surface area contributed by atoms with E-state index in [4.69, 9.17) is 9.47 Å². The van der Waals surface area contributed by atoms with Gasteiger partial charge >= 0.3 is 12.4 Å². The first kappa shape index (κ1) is 26.3. The molecule has 182 valence electrons. The summed E-state index contributed by atoms with van der Waals surface area (Å²) in [5.74, 6) is 0.893. The van der Waals surface area contributed by atoms with Gasteiger partial charge < -0.3 is 9.47 Å². The molecule has 3 aromatic rings. The molecule has 1 aromatic heterocycles. The van der Waals surface area contributed by atoms with Gasteiger partial charge in [-0.25, -0.2) is 4.98 Å². The average Bonchev–Trinajstić information content (AvgIpc) is 3.24. The van der Waals surface area contributed by atoms with Gasteiger partial charge in [-0.15, -0.1) is 11.3 Å². The molecule has 0 spiro atoms. The van der Waals surface area contributed by atoms with Crippen molar-refractivity contribution in [2.24, 2.45) is 5.10 Å². The van der Waals surface area contributed by atoms with Gasteiger partial charge in [0.1, 0.15) is 0 Å². The van der Waals surface area contributed by atoms with Gasteiger partial charge in [0.2, 0.25) is 5.13 Å². The molecule has 3 rings (SSSR count). The van der Waals surface area contributed by atoms with Crippen LogP contribution < -0.4 is 14.9 Å². The first-order valence-corrected chi connectivity index (χ1v) is 11.5. The smallest absolute Gasteiger partial charge is 0.416 e. The zero-order valence-electron chi connectivity index (χ0n) is 17.1. The first-order chi connectivity index (χ1) is 15.8. The number of aromatic nitrogens is 1. The maximum atomic E-state index is 13.1. The number of benzene rings is 2. The van der Waals surface area contributed by atoms with Gasteiger partial charge in [-0.2, -0.15) is 31.4 Å². The molecular formula is C20H13Br2F6N3O2S. The molecule has 0 saturated heterocycles. The van der Waals surface area contributed by atoms with E-state index in [9.17, 15) is 26.3 Å². The van der Waals surface area contributed by atoms with Gasteiger partial charge in [-0.1, -0.05) is 0 Å². The number of alkyl halides is 6. The van der Waals surface area contributed by atoms with Crippen LogP contribution in [0.3, 0.4) is 0 Å². The fourth-order valence-electron chi connectivity index (χ4n) is 2.76. The molecule has 0 aliphatic carbocycles. The minimum atomic E-state index is -4.95. The quantitative estimate of drug-likeness (QED) is 0.171. The van der Waals surface area contributed by atoms with Crippen molar-refractivity contribution < 1.29 is 35.8 Å². The molecule has 34 heavy (non-hydrogen) atoms. The van der Waals surface area contributed by atoms with Crippen molar-refractivity contribution in [3.05, 3.63) is 55.3 Å². The molecule has 0 bridgehead atoms. The van der Waals surface area contributed by atoms with E-state index in [0.717, 1.165) is 11.3 Å². The van der Waals surface area contributed by atoms with Crippen molar-refractivity contribution in [2.45, 2.75) is 12.4 Å². The second-order valence-electron chi connectivity index (χ2n) is 6.53. The van der Waals surface area contributed by atoms with E-state index in [1.165, 1.54) is 25.8 Å². The standard InChI is InChI=1S/C20H13Br2F6N3O2S/c1-32-14-5-10(15(21)16(22)17(14)33-2)7-29-31-18-30-13(8-34-18)9-3-11(19(23,24)25)6-12(4-9)20(26,27)28/h3-8H,1-2H3,(H,30,31)/b29-7+. The lowest BCUT2D eigenvalue weighted by Crippen LogP contribution is -2.11. The Morgan fingerprint density at radius 3 is 2.09 bits per heavy atom. The Hall–Kier alpha value is -2.32. The molecular weight excluding hydrogens is 620 g/mol. The predicted molar refractivity (Wildman–Crippen MR) is 124 cm³/mol. The number of thiazole rings is 1. The van der Waals surface area contributed by atoms with Crippen molar-refractivity contribution >= 4 is 54.5 Å². The lowest BCUT2D eigenvalue weighted by molar-refractivity contribution is -0.143. The van der Waals surface area contributed by atoms with Gasteiger partial charge in [0.15, 0.2) is 11.5 Å². The van der Waals surface area contributed by atoms with Crippen LogP contribution in [0.25, 0.3) is 11.3 Å². The SMILES string of the molecule is COc1cc(/C=N/Nc2nc(-c3cc(C(F)(F)F)cc(C(F)(F)F)c3)cs2)c(Br)c(Br)c1OC. The molecule has 0 radical (unpaired) electrons. The Labute approximate surface area is 210 Å². The Kier molecular flexibility index (Phi) is 7.82. The van der Waals surface area contributed by atoms with E-state index in [2.05, 4.69) is 47.4 Å². The van der Waals surface area contributed by atoms with Crippen molar-refractivity contribution in [3.8, 4) is 22.8 Å². The maximum Gasteiger partial charge on any atom is 0.416 e. The van der Waals surface area contributed by atoms with Crippen molar-refractivity contribution in [3.63, 3.8) is 0 Å². The lowest BCUT2D eigenvalue weighted by Gasteiger charge is -2.13. The van der Waals surface area contributed by atoms with Gasteiger partial charge in [0.25, 0.3) is 0 Å². The van der Waals surface area contributed by atoms with Gasteiger partial charge in [0, 0.05) is 21.0 Å². The maximum absolute atomic E-state index is 13.1. The number of methoxy groups -OCH3 is 2. The van der Waals surface area contributed by atoms with E-state index < -0.39 is 23.5 Å². The third-order valence-electron chi connectivity index (χ3n) is 4.33. The van der Waals surface area contributed by atoms with Crippen molar-refractivity contribution in [1.29, 1.82) is 0 Å². The van der Waals surface area contributed by atoms with Crippen molar-refractivity contribution in [2.75, 3.05) is 19.6 Å². The topological polar surface area (TPSA) is 55.7 Å². The molecule has 0 atom stereocenters. The Morgan fingerprint density at radius 1 is 0.941 bits per heavy atom. The summed E-state index contributed by atoms with van der Waals surface area (Å²) in [6, 6.07) is 2.96. The van der Waals surface area contributed by atoms with Crippen LogP contribution >= 0.6 is 43.2 Å². The largest absolute Gasteiger partial charge is 0.493 e. The number of hydrogen-bond donors (Lipinski definition) is 1. The average molecular weight is 633 g/mol. The van der Waals surface area contributed by atoms with E-state index in [1.54, 1.807) is 6.07 Å². The second-order valence-corrected chi connectivity index (χ2v) is 8.98. The number of nitrogens with one attached hydrogen (secondary N) is 1. The summed E-state index contributed by atoms with van der Waals surface area (Å²) >= 11 is 7.75. The zero-order chi connectivity index (χ0) is 25.3. The summed E-state index contributed by atoms with van der Waals surface area (Å²) in [6.07, 6.45) is -8.47. The van der Waals surface area contributed by atoms with Gasteiger partial charge in [0.05, 0.1) is 41.7 Å². The van der Waals surface area contributed by atoms with E-state index in [-0.39, 0.29) is 22.5 Å². The zero-order valence-corrected chi connectivity index (χ0v) is 21.1. The van der Waals surface area contributed by atoms with Crippen LogP contribution in [0.1, 0.15) is 16.7 Å². The van der Waals surface area contributed by atoms with E-state index in [0.29, 0.717) is 38.1 Å². The molecule has 0 aliphatic rings.